The molecule has 0 bridgehead atoms. The van der Waals surface area contributed by atoms with E-state index in [1.54, 1.807) is 6.07 Å². The summed E-state index contributed by atoms with van der Waals surface area (Å²) in [4.78, 5) is 25.6. The Bertz CT molecular complexity index is 666. The second-order valence-electron chi connectivity index (χ2n) is 6.79. The van der Waals surface area contributed by atoms with E-state index < -0.39 is 5.41 Å². The molecule has 2 N–H and O–H groups in total. The normalized spacial score (nSPS) is 28.9. The van der Waals surface area contributed by atoms with Crippen LogP contribution >= 0.6 is 0 Å². The molecule has 1 aromatic heterocycles. The SMILES string of the molecule is COC(=O)[C@@]12COC[C@@H]1CN(c1cc(N)nc(N3CCOCC3)n1)C2. The number of morpholine rings is 1. The van der Waals surface area contributed by atoms with Gasteiger partial charge in [0.2, 0.25) is 5.95 Å². The van der Waals surface area contributed by atoms with Crippen LogP contribution in [0.15, 0.2) is 6.07 Å². The number of rotatable bonds is 3. The molecular formula is C16H23N5O4. The molecule has 25 heavy (non-hydrogen) atoms. The summed E-state index contributed by atoms with van der Waals surface area (Å²) in [5.74, 6) is 1.66. The van der Waals surface area contributed by atoms with E-state index in [1.807, 2.05) is 0 Å². The van der Waals surface area contributed by atoms with Crippen molar-refractivity contribution in [3.05, 3.63) is 6.07 Å². The fraction of sp³-hybridized carbons (Fsp3) is 0.688. The number of hydrogen-bond donors (Lipinski definition) is 1. The van der Waals surface area contributed by atoms with Crippen LogP contribution in [0.3, 0.4) is 0 Å². The van der Waals surface area contributed by atoms with Crippen molar-refractivity contribution in [2.45, 2.75) is 0 Å². The molecule has 0 amide bonds. The second-order valence-corrected chi connectivity index (χ2v) is 6.79. The Hall–Kier alpha value is -2.13. The molecule has 1 aromatic rings. The van der Waals surface area contributed by atoms with Crippen molar-refractivity contribution < 1.29 is 19.0 Å². The van der Waals surface area contributed by atoms with Gasteiger partial charge < -0.3 is 29.7 Å². The molecule has 4 rings (SSSR count). The van der Waals surface area contributed by atoms with Crippen molar-refractivity contribution in [1.82, 2.24) is 9.97 Å². The van der Waals surface area contributed by atoms with Crippen molar-refractivity contribution in [1.29, 1.82) is 0 Å². The minimum atomic E-state index is -0.617. The number of esters is 1. The second kappa shape index (κ2) is 6.30. The first-order valence-corrected chi connectivity index (χ1v) is 8.51. The quantitative estimate of drug-likeness (QED) is 0.725. The Morgan fingerprint density at radius 3 is 2.88 bits per heavy atom. The molecule has 3 fully saturated rings. The largest absolute Gasteiger partial charge is 0.468 e. The summed E-state index contributed by atoms with van der Waals surface area (Å²) in [5, 5.41) is 0. The van der Waals surface area contributed by atoms with Crippen LogP contribution in [-0.2, 0) is 19.0 Å². The third kappa shape index (κ3) is 2.77. The van der Waals surface area contributed by atoms with Crippen LogP contribution in [0, 0.1) is 11.3 Å². The number of fused-ring (bicyclic) bond motifs is 1. The van der Waals surface area contributed by atoms with Crippen molar-refractivity contribution in [2.75, 3.05) is 75.2 Å². The number of nitrogens with zero attached hydrogens (tertiary/aromatic N) is 4. The first kappa shape index (κ1) is 16.3. The van der Waals surface area contributed by atoms with Crippen LogP contribution in [0.4, 0.5) is 17.6 Å². The molecule has 136 valence electrons. The van der Waals surface area contributed by atoms with Crippen LogP contribution in [-0.4, -0.2) is 75.7 Å². The van der Waals surface area contributed by atoms with Crippen molar-refractivity contribution in [3.63, 3.8) is 0 Å². The van der Waals surface area contributed by atoms with Crippen LogP contribution < -0.4 is 15.5 Å². The lowest BCUT2D eigenvalue weighted by Gasteiger charge is -2.28. The zero-order chi connectivity index (χ0) is 17.4. The smallest absolute Gasteiger partial charge is 0.316 e. The number of nitrogen functional groups attached to an aromatic ring is 1. The molecule has 0 spiro atoms. The molecule has 9 nitrogen and oxygen atoms in total. The maximum absolute atomic E-state index is 12.4. The molecule has 3 aliphatic heterocycles. The van der Waals surface area contributed by atoms with Crippen LogP contribution in [0.2, 0.25) is 0 Å². The van der Waals surface area contributed by atoms with Crippen molar-refractivity contribution >= 4 is 23.6 Å². The minimum Gasteiger partial charge on any atom is -0.468 e. The highest BCUT2D eigenvalue weighted by molar-refractivity contribution is 5.80. The fourth-order valence-electron chi connectivity index (χ4n) is 3.91. The van der Waals surface area contributed by atoms with E-state index in [1.165, 1.54) is 7.11 Å². The number of anilines is 3. The van der Waals surface area contributed by atoms with E-state index in [0.717, 1.165) is 18.9 Å². The molecule has 0 radical (unpaired) electrons. The number of carbonyl (C=O) groups excluding carboxylic acids is 1. The summed E-state index contributed by atoms with van der Waals surface area (Å²) in [6, 6.07) is 1.76. The Balaban J connectivity index is 1.60. The zero-order valence-corrected chi connectivity index (χ0v) is 14.3. The van der Waals surface area contributed by atoms with Gasteiger partial charge in [-0.1, -0.05) is 0 Å². The predicted octanol–water partition coefficient (Wildman–Crippen LogP) is -0.479. The lowest BCUT2D eigenvalue weighted by atomic mass is 9.81. The number of carbonyl (C=O) groups is 1. The van der Waals surface area contributed by atoms with E-state index in [0.29, 0.717) is 51.3 Å². The zero-order valence-electron chi connectivity index (χ0n) is 14.3. The van der Waals surface area contributed by atoms with E-state index in [-0.39, 0.29) is 11.9 Å². The first-order chi connectivity index (χ1) is 12.1. The van der Waals surface area contributed by atoms with Gasteiger partial charge in [0.25, 0.3) is 0 Å². The van der Waals surface area contributed by atoms with Crippen molar-refractivity contribution in [2.24, 2.45) is 11.3 Å². The lowest BCUT2D eigenvalue weighted by molar-refractivity contribution is -0.152. The van der Waals surface area contributed by atoms with Gasteiger partial charge >= 0.3 is 5.97 Å². The first-order valence-electron chi connectivity index (χ1n) is 8.51. The molecule has 0 unspecified atom stereocenters. The number of nitrogens with two attached hydrogens (primary N) is 1. The number of aromatic nitrogens is 2. The molecule has 2 atom stereocenters. The highest BCUT2D eigenvalue weighted by atomic mass is 16.5. The molecule has 3 aliphatic rings. The van der Waals surface area contributed by atoms with Gasteiger partial charge in [-0.2, -0.15) is 9.97 Å². The number of ether oxygens (including phenoxy) is 3. The van der Waals surface area contributed by atoms with Gasteiger partial charge in [0.1, 0.15) is 17.1 Å². The Morgan fingerprint density at radius 2 is 2.12 bits per heavy atom. The summed E-state index contributed by atoms with van der Waals surface area (Å²) in [7, 11) is 1.42. The average molecular weight is 349 g/mol. The highest BCUT2D eigenvalue weighted by Gasteiger charge is 2.57. The summed E-state index contributed by atoms with van der Waals surface area (Å²) in [6.07, 6.45) is 0. The molecule has 0 aliphatic carbocycles. The fourth-order valence-corrected chi connectivity index (χ4v) is 3.91. The van der Waals surface area contributed by atoms with Crippen molar-refractivity contribution in [3.8, 4) is 0 Å². The van der Waals surface area contributed by atoms with Gasteiger partial charge in [0.15, 0.2) is 0 Å². The van der Waals surface area contributed by atoms with Crippen LogP contribution in [0.1, 0.15) is 0 Å². The van der Waals surface area contributed by atoms with E-state index in [2.05, 4.69) is 14.8 Å². The van der Waals surface area contributed by atoms with Gasteiger partial charge in [-0.3, -0.25) is 4.79 Å². The summed E-state index contributed by atoms with van der Waals surface area (Å²) >= 11 is 0. The van der Waals surface area contributed by atoms with Gasteiger partial charge in [-0.25, -0.2) is 0 Å². The Kier molecular flexibility index (Phi) is 4.12. The monoisotopic (exact) mass is 349 g/mol. The molecular weight excluding hydrogens is 326 g/mol. The van der Waals surface area contributed by atoms with E-state index >= 15 is 0 Å². The summed E-state index contributed by atoms with van der Waals surface area (Å²) in [6.45, 7) is 4.94. The lowest BCUT2D eigenvalue weighted by Crippen LogP contribution is -2.40. The average Bonchev–Trinajstić information content (AvgIpc) is 3.19. The number of methoxy groups -OCH3 is 1. The van der Waals surface area contributed by atoms with Gasteiger partial charge in [0, 0.05) is 38.2 Å². The third-order valence-electron chi connectivity index (χ3n) is 5.30. The summed E-state index contributed by atoms with van der Waals surface area (Å²) < 4.78 is 16.0. The van der Waals surface area contributed by atoms with Crippen LogP contribution in [0.25, 0.3) is 0 Å². The third-order valence-corrected chi connectivity index (χ3v) is 5.30. The minimum absolute atomic E-state index is 0.1000. The Morgan fingerprint density at radius 1 is 1.32 bits per heavy atom. The highest BCUT2D eigenvalue weighted by Crippen LogP contribution is 2.43. The standard InChI is InChI=1S/C16H23N5O4/c1-23-14(22)16-9-21(7-11(16)8-25-10-16)13-6-12(17)18-15(19-13)20-2-4-24-5-3-20/h6,11H,2-5,7-10H2,1H3,(H2,17,18,19)/t11-,16-/m0/s1. The molecule has 0 aromatic carbocycles. The molecule has 0 saturated carbocycles. The summed E-state index contributed by atoms with van der Waals surface area (Å²) in [5.41, 5.74) is 5.40. The van der Waals surface area contributed by atoms with Gasteiger partial charge in [-0.15, -0.1) is 0 Å². The van der Waals surface area contributed by atoms with Gasteiger partial charge in [0.05, 0.1) is 33.5 Å². The maximum Gasteiger partial charge on any atom is 0.316 e. The Labute approximate surface area is 146 Å². The molecule has 3 saturated heterocycles. The molecule has 9 heteroatoms. The van der Waals surface area contributed by atoms with Crippen LogP contribution in [0.5, 0.6) is 0 Å². The predicted molar refractivity (Wildman–Crippen MR) is 90.4 cm³/mol. The topological polar surface area (TPSA) is 103 Å². The number of hydrogen-bond acceptors (Lipinski definition) is 9. The molecule has 4 heterocycles. The van der Waals surface area contributed by atoms with Gasteiger partial charge in [-0.05, 0) is 0 Å². The van der Waals surface area contributed by atoms with E-state index in [9.17, 15) is 4.79 Å². The maximum atomic E-state index is 12.4. The van der Waals surface area contributed by atoms with E-state index in [4.69, 9.17) is 24.9 Å².